The van der Waals surface area contributed by atoms with E-state index in [1.807, 2.05) is 17.0 Å². The molecule has 11 heteroatoms. The summed E-state index contributed by atoms with van der Waals surface area (Å²) in [5.41, 5.74) is 2.72. The highest BCUT2D eigenvalue weighted by atomic mass is 32.2. The lowest BCUT2D eigenvalue weighted by Crippen LogP contribution is -2.49. The molecule has 0 spiro atoms. The molecule has 2 aromatic carbocycles. The van der Waals surface area contributed by atoms with Crippen LogP contribution in [0.4, 0.5) is 5.69 Å². The maximum Gasteiger partial charge on any atom is 0.274 e. The molecule has 3 aromatic rings. The van der Waals surface area contributed by atoms with E-state index in [4.69, 9.17) is 5.14 Å². The van der Waals surface area contributed by atoms with Gasteiger partial charge in [0.2, 0.25) is 10.0 Å². The predicted molar refractivity (Wildman–Crippen MR) is 124 cm³/mol. The van der Waals surface area contributed by atoms with Crippen LogP contribution in [0.3, 0.4) is 0 Å². The van der Waals surface area contributed by atoms with Gasteiger partial charge in [0, 0.05) is 44.1 Å². The van der Waals surface area contributed by atoms with Crippen LogP contribution in [0, 0.1) is 0 Å². The molecule has 0 bridgehead atoms. The molecule has 3 heterocycles. The summed E-state index contributed by atoms with van der Waals surface area (Å²) >= 11 is 0. The number of nitrogens with two attached hydrogens (primary N) is 1. The molecule has 2 amide bonds. The Kier molecular flexibility index (Phi) is 5.50. The molecule has 10 nitrogen and oxygen atoms in total. The summed E-state index contributed by atoms with van der Waals surface area (Å²) in [6.45, 7) is 1.65. The summed E-state index contributed by atoms with van der Waals surface area (Å²) in [6, 6.07) is 11.8. The summed E-state index contributed by atoms with van der Waals surface area (Å²) in [5, 5.41) is 8.49. The Balaban J connectivity index is 1.40. The maximum absolute atomic E-state index is 12.6. The number of carbonyl (C=O) groups excluding carboxylic acids is 2. The zero-order chi connectivity index (χ0) is 23.9. The Hall–Kier alpha value is -3.83. The number of benzene rings is 2. The molecule has 0 radical (unpaired) electrons. The average molecular weight is 479 g/mol. The molecule has 5 rings (SSSR count). The summed E-state index contributed by atoms with van der Waals surface area (Å²) in [7, 11) is -4.05. The summed E-state index contributed by atoms with van der Waals surface area (Å²) in [4.78, 5) is 36.5. The Bertz CT molecular complexity index is 1370. The van der Waals surface area contributed by atoms with Crippen LogP contribution in [0.2, 0.25) is 0 Å². The molecule has 0 aliphatic carbocycles. The fourth-order valence-electron chi connectivity index (χ4n) is 4.43. The lowest BCUT2D eigenvalue weighted by atomic mass is 9.98. The largest absolute Gasteiger partial charge is 0.367 e. The highest BCUT2D eigenvalue weighted by Gasteiger charge is 2.31. The molecule has 174 valence electrons. The van der Waals surface area contributed by atoms with Crippen LogP contribution in [-0.2, 0) is 10.0 Å². The standard InChI is InChI=1S/C23H22N6O4S/c24-34(32,33)20-13-15(21-16-3-1-2-4-17(16)22(30)27-21)5-6-19(20)28-9-11-29(12-10-28)23(31)18-14-25-7-8-26-18/h1-8,13-14,21H,9-12H2,(H,27,30)(H2,24,32,33). The van der Waals surface area contributed by atoms with Gasteiger partial charge in [0.1, 0.15) is 10.6 Å². The minimum atomic E-state index is -4.05. The number of fused-ring (bicyclic) bond motifs is 1. The van der Waals surface area contributed by atoms with Gasteiger partial charge in [-0.2, -0.15) is 0 Å². The van der Waals surface area contributed by atoms with Crippen LogP contribution in [0.5, 0.6) is 0 Å². The van der Waals surface area contributed by atoms with Crippen molar-refractivity contribution in [2.45, 2.75) is 10.9 Å². The Labute approximate surface area is 196 Å². The van der Waals surface area contributed by atoms with Crippen molar-refractivity contribution < 1.29 is 18.0 Å². The third-order valence-electron chi connectivity index (χ3n) is 6.11. The lowest BCUT2D eigenvalue weighted by molar-refractivity contribution is 0.0740. The van der Waals surface area contributed by atoms with Crippen LogP contribution in [-0.4, -0.2) is 61.3 Å². The first kappa shape index (κ1) is 22.0. The minimum Gasteiger partial charge on any atom is -0.367 e. The van der Waals surface area contributed by atoms with Crippen LogP contribution in [0.25, 0.3) is 0 Å². The smallest absolute Gasteiger partial charge is 0.274 e. The second-order valence-electron chi connectivity index (χ2n) is 8.14. The van der Waals surface area contributed by atoms with Crippen LogP contribution < -0.4 is 15.4 Å². The number of hydrogen-bond acceptors (Lipinski definition) is 7. The third-order valence-corrected chi connectivity index (χ3v) is 7.05. The maximum atomic E-state index is 12.6. The first-order chi connectivity index (χ1) is 16.3. The Morgan fingerprint density at radius 3 is 2.53 bits per heavy atom. The molecular weight excluding hydrogens is 456 g/mol. The van der Waals surface area contributed by atoms with Crippen molar-refractivity contribution >= 4 is 27.5 Å². The number of aromatic nitrogens is 2. The van der Waals surface area contributed by atoms with Gasteiger partial charge in [0.05, 0.1) is 17.9 Å². The third kappa shape index (κ3) is 3.99. The number of amides is 2. The Morgan fingerprint density at radius 2 is 1.82 bits per heavy atom. The molecule has 0 saturated carbocycles. The van der Waals surface area contributed by atoms with Crippen LogP contribution in [0.1, 0.15) is 38.0 Å². The van der Waals surface area contributed by atoms with Gasteiger partial charge >= 0.3 is 0 Å². The van der Waals surface area contributed by atoms with E-state index in [2.05, 4.69) is 15.3 Å². The predicted octanol–water partition coefficient (Wildman–Crippen LogP) is 0.919. The van der Waals surface area contributed by atoms with E-state index in [1.54, 1.807) is 29.2 Å². The normalized spacial score (nSPS) is 17.9. The first-order valence-electron chi connectivity index (χ1n) is 10.7. The number of anilines is 1. The molecule has 2 aliphatic heterocycles. The highest BCUT2D eigenvalue weighted by molar-refractivity contribution is 7.89. The van der Waals surface area contributed by atoms with E-state index in [1.165, 1.54) is 24.7 Å². The highest BCUT2D eigenvalue weighted by Crippen LogP contribution is 2.35. The van der Waals surface area contributed by atoms with Crippen molar-refractivity contribution in [1.82, 2.24) is 20.2 Å². The van der Waals surface area contributed by atoms with E-state index < -0.39 is 16.1 Å². The molecule has 3 N–H and O–H groups in total. The minimum absolute atomic E-state index is 0.0164. The summed E-state index contributed by atoms with van der Waals surface area (Å²) in [6.07, 6.45) is 4.39. The zero-order valence-electron chi connectivity index (χ0n) is 18.1. The number of piperazine rings is 1. The lowest BCUT2D eigenvalue weighted by Gasteiger charge is -2.36. The molecule has 1 atom stereocenters. The first-order valence-corrected chi connectivity index (χ1v) is 12.2. The van der Waals surface area contributed by atoms with Crippen molar-refractivity contribution in [3.05, 3.63) is 83.4 Å². The van der Waals surface area contributed by atoms with E-state index in [0.717, 1.165) is 5.56 Å². The van der Waals surface area contributed by atoms with Gasteiger partial charge in [-0.15, -0.1) is 0 Å². The quantitative estimate of drug-likeness (QED) is 0.568. The van der Waals surface area contributed by atoms with Crippen molar-refractivity contribution in [2.24, 2.45) is 5.14 Å². The number of sulfonamides is 1. The SMILES string of the molecule is NS(=O)(=O)c1cc(C2NC(=O)c3ccccc32)ccc1N1CCN(C(=O)c2cnccn2)CC1. The number of primary sulfonamides is 1. The van der Waals surface area contributed by atoms with Crippen molar-refractivity contribution in [2.75, 3.05) is 31.1 Å². The van der Waals surface area contributed by atoms with E-state index in [-0.39, 0.29) is 22.4 Å². The molecule has 1 unspecified atom stereocenters. The Morgan fingerprint density at radius 1 is 1.06 bits per heavy atom. The molecule has 1 saturated heterocycles. The van der Waals surface area contributed by atoms with Gasteiger partial charge in [-0.1, -0.05) is 24.3 Å². The average Bonchev–Trinajstić information content (AvgIpc) is 3.20. The monoisotopic (exact) mass is 478 g/mol. The number of carbonyl (C=O) groups is 2. The summed E-state index contributed by atoms with van der Waals surface area (Å²) in [5.74, 6) is -0.420. The summed E-state index contributed by atoms with van der Waals surface area (Å²) < 4.78 is 25.0. The van der Waals surface area contributed by atoms with Gasteiger partial charge < -0.3 is 15.1 Å². The topological polar surface area (TPSA) is 139 Å². The zero-order valence-corrected chi connectivity index (χ0v) is 18.9. The number of hydrogen-bond donors (Lipinski definition) is 2. The fourth-order valence-corrected chi connectivity index (χ4v) is 5.22. The second-order valence-corrected chi connectivity index (χ2v) is 9.67. The van der Waals surface area contributed by atoms with Gasteiger partial charge in [0.25, 0.3) is 11.8 Å². The van der Waals surface area contributed by atoms with Crippen LogP contribution >= 0.6 is 0 Å². The van der Waals surface area contributed by atoms with Crippen molar-refractivity contribution in [3.8, 4) is 0 Å². The van der Waals surface area contributed by atoms with Crippen molar-refractivity contribution in [3.63, 3.8) is 0 Å². The van der Waals surface area contributed by atoms with Crippen molar-refractivity contribution in [1.29, 1.82) is 0 Å². The van der Waals surface area contributed by atoms with Gasteiger partial charge in [-0.05, 0) is 29.3 Å². The second kappa shape index (κ2) is 8.50. The van der Waals surface area contributed by atoms with Crippen LogP contribution in [0.15, 0.2) is 66.0 Å². The van der Waals surface area contributed by atoms with E-state index >= 15 is 0 Å². The number of nitrogens with zero attached hydrogens (tertiary/aromatic N) is 4. The van der Waals surface area contributed by atoms with Gasteiger partial charge in [-0.3, -0.25) is 14.6 Å². The van der Waals surface area contributed by atoms with E-state index in [9.17, 15) is 18.0 Å². The molecule has 2 aliphatic rings. The molecule has 1 fully saturated rings. The molecule has 34 heavy (non-hydrogen) atoms. The van der Waals surface area contributed by atoms with Gasteiger partial charge in [-0.25, -0.2) is 18.5 Å². The fraction of sp³-hybridized carbons (Fsp3) is 0.217. The molecular formula is C23H22N6O4S. The van der Waals surface area contributed by atoms with Gasteiger partial charge in [0.15, 0.2) is 0 Å². The van der Waals surface area contributed by atoms with E-state index in [0.29, 0.717) is 43.0 Å². The molecule has 1 aromatic heterocycles. The number of nitrogens with one attached hydrogen (secondary N) is 1. The number of rotatable bonds is 4.